The molecule has 1 fully saturated rings. The molecule has 0 atom stereocenters. The van der Waals surface area contributed by atoms with Gasteiger partial charge in [-0.25, -0.2) is 0 Å². The van der Waals surface area contributed by atoms with Gasteiger partial charge < -0.3 is 4.90 Å². The summed E-state index contributed by atoms with van der Waals surface area (Å²) in [5.41, 5.74) is -0.921. The van der Waals surface area contributed by atoms with Crippen molar-refractivity contribution in [2.45, 2.75) is 19.4 Å². The molecule has 5 nitrogen and oxygen atoms in total. The number of rotatable bonds is 1. The van der Waals surface area contributed by atoms with Crippen LogP contribution in [0.15, 0.2) is 0 Å². The van der Waals surface area contributed by atoms with Gasteiger partial charge in [0.1, 0.15) is 12.1 Å². The minimum Gasteiger partial charge on any atom is -0.322 e. The molecule has 0 radical (unpaired) electrons. The van der Waals surface area contributed by atoms with Gasteiger partial charge in [0.25, 0.3) is 5.91 Å². The van der Waals surface area contributed by atoms with Crippen LogP contribution >= 0.6 is 0 Å². The molecule has 66 valence electrons. The lowest BCUT2D eigenvalue weighted by molar-refractivity contribution is -0.150. The van der Waals surface area contributed by atoms with Crippen LogP contribution in [0.25, 0.3) is 0 Å². The molecule has 1 rings (SSSR count). The summed E-state index contributed by atoms with van der Waals surface area (Å²) in [6.45, 7) is 3.12. The molecule has 0 aliphatic carbocycles. The molecule has 0 bridgehead atoms. The minimum absolute atomic E-state index is 0.0533. The van der Waals surface area contributed by atoms with Crippen LogP contribution in [-0.2, 0) is 14.4 Å². The van der Waals surface area contributed by atoms with Crippen LogP contribution < -0.4 is 5.32 Å². The molecule has 1 aliphatic rings. The van der Waals surface area contributed by atoms with E-state index < -0.39 is 17.4 Å². The number of hydrogen-bond donors (Lipinski definition) is 1. The van der Waals surface area contributed by atoms with Crippen LogP contribution in [0.1, 0.15) is 13.8 Å². The van der Waals surface area contributed by atoms with E-state index in [0.717, 1.165) is 0 Å². The molecular weight excluding hydrogens is 160 g/mol. The molecule has 1 heterocycles. The summed E-state index contributed by atoms with van der Waals surface area (Å²) in [5.74, 6) is -0.878. The summed E-state index contributed by atoms with van der Waals surface area (Å²) in [5, 5.41) is 2.16. The molecule has 12 heavy (non-hydrogen) atoms. The molecule has 0 aromatic heterocycles. The summed E-state index contributed by atoms with van der Waals surface area (Å²) in [6, 6.07) is 0. The quantitative estimate of drug-likeness (QED) is 0.400. The Balaban J connectivity index is 2.92. The van der Waals surface area contributed by atoms with Crippen molar-refractivity contribution in [1.29, 1.82) is 0 Å². The summed E-state index contributed by atoms with van der Waals surface area (Å²) < 4.78 is 0. The molecule has 3 amide bonds. The number of imide groups is 1. The second-order valence-corrected chi connectivity index (χ2v) is 3.17. The topological polar surface area (TPSA) is 66.5 Å². The fourth-order valence-corrected chi connectivity index (χ4v) is 0.971. The Hall–Kier alpha value is -1.39. The van der Waals surface area contributed by atoms with Crippen molar-refractivity contribution in [2.75, 3.05) is 6.54 Å². The Morgan fingerprint density at radius 3 is 2.58 bits per heavy atom. The summed E-state index contributed by atoms with van der Waals surface area (Å²) in [4.78, 5) is 33.6. The van der Waals surface area contributed by atoms with E-state index in [-0.39, 0.29) is 6.54 Å². The lowest BCUT2D eigenvalue weighted by Crippen LogP contribution is -2.63. The first kappa shape index (κ1) is 8.70. The number of amides is 3. The van der Waals surface area contributed by atoms with Gasteiger partial charge in [0, 0.05) is 0 Å². The van der Waals surface area contributed by atoms with Crippen molar-refractivity contribution in [3.8, 4) is 0 Å². The predicted molar refractivity (Wildman–Crippen MR) is 40.0 cm³/mol. The third-order valence-electron chi connectivity index (χ3n) is 1.97. The molecule has 0 aromatic rings. The van der Waals surface area contributed by atoms with Gasteiger partial charge in [-0.05, 0) is 13.8 Å². The Kier molecular flexibility index (Phi) is 1.87. The van der Waals surface area contributed by atoms with E-state index >= 15 is 0 Å². The van der Waals surface area contributed by atoms with Crippen molar-refractivity contribution in [3.05, 3.63) is 0 Å². The van der Waals surface area contributed by atoms with Crippen molar-refractivity contribution in [2.24, 2.45) is 0 Å². The lowest BCUT2D eigenvalue weighted by atomic mass is 10.00. The Morgan fingerprint density at radius 2 is 2.08 bits per heavy atom. The fraction of sp³-hybridized carbons (Fsp3) is 0.571. The van der Waals surface area contributed by atoms with E-state index in [1.807, 2.05) is 0 Å². The standard InChI is InChI=1S/C7H10N2O3/c1-7(2)6(12)8-5(11)3-9(7)4-10/h4H,3H2,1-2H3,(H,8,11,12). The SMILES string of the molecule is CC1(C)C(=O)NC(=O)CN1C=O. The summed E-state index contributed by atoms with van der Waals surface area (Å²) >= 11 is 0. The Morgan fingerprint density at radius 1 is 1.50 bits per heavy atom. The molecular formula is C7H10N2O3. The molecule has 0 aromatic carbocycles. The van der Waals surface area contributed by atoms with Crippen molar-refractivity contribution >= 4 is 18.2 Å². The third kappa shape index (κ3) is 1.17. The maximum Gasteiger partial charge on any atom is 0.252 e. The van der Waals surface area contributed by atoms with Gasteiger partial charge in [0.15, 0.2) is 0 Å². The molecule has 1 saturated heterocycles. The normalized spacial score (nSPS) is 22.0. The van der Waals surface area contributed by atoms with Crippen molar-refractivity contribution in [1.82, 2.24) is 10.2 Å². The summed E-state index contributed by atoms with van der Waals surface area (Å²) in [7, 11) is 0. The predicted octanol–water partition coefficient (Wildman–Crippen LogP) is -1.12. The first-order valence-electron chi connectivity index (χ1n) is 3.55. The van der Waals surface area contributed by atoms with Crippen LogP contribution in [0.3, 0.4) is 0 Å². The zero-order valence-corrected chi connectivity index (χ0v) is 6.96. The first-order valence-corrected chi connectivity index (χ1v) is 3.55. The zero-order chi connectivity index (χ0) is 9.35. The van der Waals surface area contributed by atoms with Crippen LogP contribution in [0.2, 0.25) is 0 Å². The van der Waals surface area contributed by atoms with Crippen LogP contribution in [-0.4, -0.2) is 35.2 Å². The van der Waals surface area contributed by atoms with Crippen LogP contribution in [0.5, 0.6) is 0 Å². The van der Waals surface area contributed by atoms with Crippen LogP contribution in [0.4, 0.5) is 0 Å². The number of hydrogen-bond acceptors (Lipinski definition) is 3. The highest BCUT2D eigenvalue weighted by molar-refractivity contribution is 6.04. The van der Waals surface area contributed by atoms with Crippen molar-refractivity contribution in [3.63, 3.8) is 0 Å². The molecule has 0 spiro atoms. The number of carbonyl (C=O) groups is 3. The maximum atomic E-state index is 11.2. The van der Waals surface area contributed by atoms with Gasteiger partial charge in [-0.3, -0.25) is 19.7 Å². The highest BCUT2D eigenvalue weighted by atomic mass is 16.2. The number of piperazine rings is 1. The molecule has 0 unspecified atom stereocenters. The minimum atomic E-state index is -0.921. The average molecular weight is 170 g/mol. The van der Waals surface area contributed by atoms with Gasteiger partial charge >= 0.3 is 0 Å². The highest BCUT2D eigenvalue weighted by Crippen LogP contribution is 2.15. The molecule has 5 heteroatoms. The van der Waals surface area contributed by atoms with Gasteiger partial charge in [0.05, 0.1) is 0 Å². The third-order valence-corrected chi connectivity index (χ3v) is 1.97. The van der Waals surface area contributed by atoms with Gasteiger partial charge in [0.2, 0.25) is 12.3 Å². The maximum absolute atomic E-state index is 11.2. The second-order valence-electron chi connectivity index (χ2n) is 3.17. The van der Waals surface area contributed by atoms with E-state index in [0.29, 0.717) is 6.41 Å². The molecule has 0 saturated carbocycles. The monoisotopic (exact) mass is 170 g/mol. The molecule has 1 N–H and O–H groups in total. The van der Waals surface area contributed by atoms with Crippen molar-refractivity contribution < 1.29 is 14.4 Å². The zero-order valence-electron chi connectivity index (χ0n) is 6.96. The second kappa shape index (κ2) is 2.58. The average Bonchev–Trinajstić information content (AvgIpc) is 1.97. The smallest absolute Gasteiger partial charge is 0.252 e. The molecule has 1 aliphatic heterocycles. The largest absolute Gasteiger partial charge is 0.322 e. The first-order chi connectivity index (χ1) is 5.48. The van der Waals surface area contributed by atoms with E-state index in [2.05, 4.69) is 5.32 Å². The number of carbonyl (C=O) groups excluding carboxylic acids is 3. The van der Waals surface area contributed by atoms with Gasteiger partial charge in [-0.15, -0.1) is 0 Å². The highest BCUT2D eigenvalue weighted by Gasteiger charge is 2.39. The van der Waals surface area contributed by atoms with E-state index in [9.17, 15) is 14.4 Å². The van der Waals surface area contributed by atoms with Gasteiger partial charge in [-0.2, -0.15) is 0 Å². The fourth-order valence-electron chi connectivity index (χ4n) is 0.971. The van der Waals surface area contributed by atoms with E-state index in [4.69, 9.17) is 0 Å². The van der Waals surface area contributed by atoms with E-state index in [1.165, 1.54) is 4.90 Å². The van der Waals surface area contributed by atoms with Gasteiger partial charge in [-0.1, -0.05) is 0 Å². The Labute approximate surface area is 69.7 Å². The summed E-state index contributed by atoms with van der Waals surface area (Å²) in [6.07, 6.45) is 0.511. The Bertz CT molecular complexity index is 247. The number of nitrogens with zero attached hydrogens (tertiary/aromatic N) is 1. The van der Waals surface area contributed by atoms with E-state index in [1.54, 1.807) is 13.8 Å². The lowest BCUT2D eigenvalue weighted by Gasteiger charge is -2.37. The number of nitrogens with one attached hydrogen (secondary N) is 1. The van der Waals surface area contributed by atoms with Crippen LogP contribution in [0, 0.1) is 0 Å².